The van der Waals surface area contributed by atoms with E-state index in [9.17, 15) is 5.11 Å². The zero-order valence-corrected chi connectivity index (χ0v) is 11.5. The average molecular weight is 276 g/mol. The maximum Gasteiger partial charge on any atom is 0.0471 e. The van der Waals surface area contributed by atoms with Gasteiger partial charge in [0.25, 0.3) is 0 Å². The van der Waals surface area contributed by atoms with E-state index in [4.69, 9.17) is 28.9 Å². The maximum absolute atomic E-state index is 9.21. The minimum absolute atomic E-state index is 0.104. The van der Waals surface area contributed by atoms with Crippen LogP contribution in [0.3, 0.4) is 0 Å². The first-order chi connectivity index (χ1) is 8.13. The Balaban J connectivity index is 2.93. The van der Waals surface area contributed by atoms with Crippen LogP contribution in [-0.4, -0.2) is 18.3 Å². The van der Waals surface area contributed by atoms with Crippen molar-refractivity contribution >= 4 is 23.2 Å². The number of aliphatic hydroxyl groups is 1. The summed E-state index contributed by atoms with van der Waals surface area (Å²) in [4.78, 5) is 0. The van der Waals surface area contributed by atoms with Gasteiger partial charge >= 0.3 is 0 Å². The van der Waals surface area contributed by atoms with Crippen LogP contribution in [0.25, 0.3) is 0 Å². The highest BCUT2D eigenvalue weighted by atomic mass is 35.5. The molecule has 3 N–H and O–H groups in total. The van der Waals surface area contributed by atoms with Gasteiger partial charge in [-0.25, -0.2) is 0 Å². The molecule has 0 bridgehead atoms. The summed E-state index contributed by atoms with van der Waals surface area (Å²) in [5, 5.41) is 10.6. The van der Waals surface area contributed by atoms with E-state index in [2.05, 4.69) is 6.92 Å². The third kappa shape index (κ3) is 3.85. The van der Waals surface area contributed by atoms with Crippen molar-refractivity contribution in [2.24, 2.45) is 11.7 Å². The fourth-order valence-electron chi connectivity index (χ4n) is 2.04. The van der Waals surface area contributed by atoms with Gasteiger partial charge in [-0.3, -0.25) is 0 Å². The number of aliphatic hydroxyl groups excluding tert-OH is 1. The molecule has 1 aromatic carbocycles. The number of rotatable bonds is 6. The summed E-state index contributed by atoms with van der Waals surface area (Å²) < 4.78 is 0. The lowest BCUT2D eigenvalue weighted by atomic mass is 9.87. The molecule has 4 heteroatoms. The van der Waals surface area contributed by atoms with Gasteiger partial charge < -0.3 is 10.8 Å². The van der Waals surface area contributed by atoms with Crippen LogP contribution in [0.1, 0.15) is 31.2 Å². The molecule has 2 unspecified atom stereocenters. The quantitative estimate of drug-likeness (QED) is 0.836. The number of benzene rings is 1. The lowest BCUT2D eigenvalue weighted by Gasteiger charge is -2.22. The second-order valence-corrected chi connectivity index (χ2v) is 5.07. The number of hydrogen-bond donors (Lipinski definition) is 2. The molecule has 0 radical (unpaired) electrons. The zero-order valence-electron chi connectivity index (χ0n) is 10.00. The molecule has 0 spiro atoms. The first-order valence-electron chi connectivity index (χ1n) is 5.88. The molecule has 1 aromatic rings. The predicted octanol–water partition coefficient (Wildman–Crippen LogP) is 3.44. The summed E-state index contributed by atoms with van der Waals surface area (Å²) in [6, 6.07) is 5.54. The molecular weight excluding hydrogens is 257 g/mol. The normalized spacial score (nSPS) is 14.6. The fourth-order valence-corrected chi connectivity index (χ4v) is 2.74. The molecule has 0 aliphatic rings. The van der Waals surface area contributed by atoms with Gasteiger partial charge in [-0.1, -0.05) is 36.2 Å². The summed E-state index contributed by atoms with van der Waals surface area (Å²) in [7, 11) is 0. The van der Waals surface area contributed by atoms with Crippen LogP contribution in [0.2, 0.25) is 10.0 Å². The maximum atomic E-state index is 9.21. The van der Waals surface area contributed by atoms with Crippen molar-refractivity contribution in [3.63, 3.8) is 0 Å². The number of halogens is 2. The molecule has 0 fully saturated rings. The molecular formula is C13H19Cl2NO. The van der Waals surface area contributed by atoms with Crippen LogP contribution < -0.4 is 5.73 Å². The van der Waals surface area contributed by atoms with Gasteiger partial charge in [0, 0.05) is 16.7 Å². The van der Waals surface area contributed by atoms with Gasteiger partial charge in [0.15, 0.2) is 0 Å². The van der Waals surface area contributed by atoms with E-state index in [1.54, 1.807) is 0 Å². The standard InChI is InChI=1S/C13H19Cl2NO/c1-2-10(6-9(7-16)8-17)13-11(14)4-3-5-12(13)15/h3-5,9-10,17H,2,6-8,16H2,1H3. The molecule has 0 aliphatic heterocycles. The van der Waals surface area contributed by atoms with Gasteiger partial charge in [0.05, 0.1) is 0 Å². The number of nitrogens with two attached hydrogens (primary N) is 1. The van der Waals surface area contributed by atoms with Crippen LogP contribution >= 0.6 is 23.2 Å². The lowest BCUT2D eigenvalue weighted by molar-refractivity contribution is 0.214. The van der Waals surface area contributed by atoms with Crippen LogP contribution in [0, 0.1) is 5.92 Å². The monoisotopic (exact) mass is 275 g/mol. The lowest BCUT2D eigenvalue weighted by Crippen LogP contribution is -2.20. The first kappa shape index (κ1) is 14.8. The average Bonchev–Trinajstić information content (AvgIpc) is 2.33. The van der Waals surface area contributed by atoms with Crippen molar-refractivity contribution in [1.82, 2.24) is 0 Å². The summed E-state index contributed by atoms with van der Waals surface area (Å²) in [5.41, 5.74) is 6.59. The van der Waals surface area contributed by atoms with E-state index in [0.29, 0.717) is 16.6 Å². The molecule has 17 heavy (non-hydrogen) atoms. The Morgan fingerprint density at radius 1 is 1.29 bits per heavy atom. The SMILES string of the molecule is CCC(CC(CN)CO)c1c(Cl)cccc1Cl. The van der Waals surface area contributed by atoms with Crippen molar-refractivity contribution in [2.75, 3.05) is 13.2 Å². The van der Waals surface area contributed by atoms with E-state index in [-0.39, 0.29) is 18.4 Å². The van der Waals surface area contributed by atoms with Gasteiger partial charge in [0.2, 0.25) is 0 Å². The summed E-state index contributed by atoms with van der Waals surface area (Å²) in [6.45, 7) is 2.68. The van der Waals surface area contributed by atoms with Crippen molar-refractivity contribution in [3.05, 3.63) is 33.8 Å². The molecule has 0 aromatic heterocycles. The minimum Gasteiger partial charge on any atom is -0.396 e. The van der Waals surface area contributed by atoms with Crippen molar-refractivity contribution in [3.8, 4) is 0 Å². The van der Waals surface area contributed by atoms with Gasteiger partial charge in [0.1, 0.15) is 0 Å². The Labute approximate surface area is 113 Å². The van der Waals surface area contributed by atoms with E-state index < -0.39 is 0 Å². The molecule has 0 saturated carbocycles. The van der Waals surface area contributed by atoms with Crippen LogP contribution in [-0.2, 0) is 0 Å². The Bertz CT molecular complexity index is 333. The van der Waals surface area contributed by atoms with E-state index in [1.807, 2.05) is 18.2 Å². The predicted molar refractivity (Wildman–Crippen MR) is 73.7 cm³/mol. The smallest absolute Gasteiger partial charge is 0.0471 e. The first-order valence-corrected chi connectivity index (χ1v) is 6.64. The Kier molecular flexibility index (Phi) is 6.28. The largest absolute Gasteiger partial charge is 0.396 e. The Hall–Kier alpha value is -0.280. The molecule has 1 rings (SSSR count). The third-order valence-electron chi connectivity index (χ3n) is 3.11. The molecule has 0 saturated heterocycles. The van der Waals surface area contributed by atoms with Crippen molar-refractivity contribution in [1.29, 1.82) is 0 Å². The third-order valence-corrected chi connectivity index (χ3v) is 3.77. The van der Waals surface area contributed by atoms with Crippen LogP contribution in [0.15, 0.2) is 18.2 Å². The fraction of sp³-hybridized carbons (Fsp3) is 0.538. The zero-order chi connectivity index (χ0) is 12.8. The molecule has 2 atom stereocenters. The van der Waals surface area contributed by atoms with E-state index in [0.717, 1.165) is 18.4 Å². The van der Waals surface area contributed by atoms with Crippen molar-refractivity contribution < 1.29 is 5.11 Å². The second-order valence-electron chi connectivity index (χ2n) is 4.26. The highest BCUT2D eigenvalue weighted by Crippen LogP contribution is 2.36. The van der Waals surface area contributed by atoms with Crippen molar-refractivity contribution in [2.45, 2.75) is 25.7 Å². The Morgan fingerprint density at radius 3 is 2.29 bits per heavy atom. The van der Waals surface area contributed by atoms with Crippen LogP contribution in [0.5, 0.6) is 0 Å². The highest BCUT2D eigenvalue weighted by Gasteiger charge is 2.20. The molecule has 2 nitrogen and oxygen atoms in total. The van der Waals surface area contributed by atoms with Gasteiger partial charge in [-0.15, -0.1) is 0 Å². The molecule has 0 heterocycles. The summed E-state index contributed by atoms with van der Waals surface area (Å²) in [5.74, 6) is 0.351. The summed E-state index contributed by atoms with van der Waals surface area (Å²) in [6.07, 6.45) is 1.74. The topological polar surface area (TPSA) is 46.2 Å². The highest BCUT2D eigenvalue weighted by molar-refractivity contribution is 6.36. The van der Waals surface area contributed by atoms with E-state index in [1.165, 1.54) is 0 Å². The molecule has 96 valence electrons. The minimum atomic E-state index is 0.104. The van der Waals surface area contributed by atoms with Gasteiger partial charge in [-0.2, -0.15) is 0 Å². The Morgan fingerprint density at radius 2 is 1.88 bits per heavy atom. The number of hydrogen-bond acceptors (Lipinski definition) is 2. The molecule has 0 aliphatic carbocycles. The molecule has 0 amide bonds. The van der Waals surface area contributed by atoms with E-state index >= 15 is 0 Å². The summed E-state index contributed by atoms with van der Waals surface area (Å²) >= 11 is 12.4. The van der Waals surface area contributed by atoms with Gasteiger partial charge in [-0.05, 0) is 48.9 Å². The van der Waals surface area contributed by atoms with Crippen LogP contribution in [0.4, 0.5) is 0 Å². The second kappa shape index (κ2) is 7.22.